The molecule has 2 aromatic rings. The Bertz CT molecular complexity index is 804. The van der Waals surface area contributed by atoms with Crippen LogP contribution in [-0.2, 0) is 12.6 Å². The molecule has 1 aliphatic heterocycles. The number of halogens is 3. The van der Waals surface area contributed by atoms with E-state index in [1.54, 1.807) is 29.2 Å². The number of benzene rings is 2. The molecule has 1 fully saturated rings. The zero-order valence-corrected chi connectivity index (χ0v) is 14.9. The van der Waals surface area contributed by atoms with Gasteiger partial charge in [0.25, 0.3) is 5.91 Å². The number of rotatable bonds is 4. The van der Waals surface area contributed by atoms with E-state index in [1.807, 2.05) is 0 Å². The van der Waals surface area contributed by atoms with E-state index in [9.17, 15) is 23.1 Å². The van der Waals surface area contributed by atoms with E-state index in [0.29, 0.717) is 25.1 Å². The number of para-hydroxylation sites is 1. The van der Waals surface area contributed by atoms with Crippen LogP contribution in [0.5, 0.6) is 5.75 Å². The summed E-state index contributed by atoms with van der Waals surface area (Å²) in [6.45, 7) is 1.19. The minimum absolute atomic E-state index is 0.0337. The number of piperidine rings is 1. The molecule has 144 valence electrons. The van der Waals surface area contributed by atoms with Gasteiger partial charge in [-0.1, -0.05) is 30.3 Å². The van der Waals surface area contributed by atoms with Crippen molar-refractivity contribution < 1.29 is 23.1 Å². The summed E-state index contributed by atoms with van der Waals surface area (Å²) in [6, 6.07) is 11.9. The maximum Gasteiger partial charge on any atom is 0.416 e. The van der Waals surface area contributed by atoms with Crippen LogP contribution in [0.3, 0.4) is 0 Å². The minimum Gasteiger partial charge on any atom is -0.507 e. The Morgan fingerprint density at radius 1 is 1.15 bits per heavy atom. The number of aromatic hydroxyl groups is 1. The van der Waals surface area contributed by atoms with Gasteiger partial charge in [-0.3, -0.25) is 4.79 Å². The molecule has 6 heteroatoms. The van der Waals surface area contributed by atoms with Crippen LogP contribution in [0.15, 0.2) is 48.5 Å². The third-order valence-corrected chi connectivity index (χ3v) is 5.04. The van der Waals surface area contributed by atoms with Crippen molar-refractivity contribution in [2.24, 2.45) is 5.92 Å². The van der Waals surface area contributed by atoms with Crippen LogP contribution in [0.4, 0.5) is 13.2 Å². The van der Waals surface area contributed by atoms with Crippen LogP contribution in [0.25, 0.3) is 0 Å². The van der Waals surface area contributed by atoms with Crippen LogP contribution in [0.1, 0.15) is 40.7 Å². The van der Waals surface area contributed by atoms with Crippen LogP contribution < -0.4 is 0 Å². The van der Waals surface area contributed by atoms with E-state index < -0.39 is 11.7 Å². The van der Waals surface area contributed by atoms with Crippen molar-refractivity contribution in [3.05, 3.63) is 65.2 Å². The number of carbonyl (C=O) groups is 1. The van der Waals surface area contributed by atoms with Gasteiger partial charge in [-0.05, 0) is 55.4 Å². The summed E-state index contributed by atoms with van der Waals surface area (Å²) in [7, 11) is 0. The molecule has 1 unspecified atom stereocenters. The first-order valence-corrected chi connectivity index (χ1v) is 9.08. The molecule has 1 N–H and O–H groups in total. The Morgan fingerprint density at radius 3 is 2.67 bits per heavy atom. The maximum absolute atomic E-state index is 12.8. The molecular formula is C21H22F3NO2. The molecule has 2 aromatic carbocycles. The average Bonchev–Trinajstić information content (AvgIpc) is 2.66. The molecule has 3 nitrogen and oxygen atoms in total. The molecule has 0 saturated carbocycles. The molecule has 27 heavy (non-hydrogen) atoms. The summed E-state index contributed by atoms with van der Waals surface area (Å²) in [5.74, 6) is 0.00792. The third kappa shape index (κ3) is 4.81. The predicted octanol–water partition coefficient (Wildman–Crippen LogP) is 4.90. The number of phenolic OH excluding ortho intramolecular Hbond substituents is 1. The molecule has 1 saturated heterocycles. The highest BCUT2D eigenvalue weighted by Gasteiger charge is 2.30. The molecule has 1 amide bonds. The second-order valence-electron chi connectivity index (χ2n) is 7.01. The van der Waals surface area contributed by atoms with E-state index in [0.717, 1.165) is 25.3 Å². The summed E-state index contributed by atoms with van der Waals surface area (Å²) in [4.78, 5) is 14.4. The fourth-order valence-corrected chi connectivity index (χ4v) is 3.58. The van der Waals surface area contributed by atoms with Gasteiger partial charge in [-0.25, -0.2) is 0 Å². The lowest BCUT2D eigenvalue weighted by Gasteiger charge is -2.33. The highest BCUT2D eigenvalue weighted by molar-refractivity contribution is 5.96. The number of aryl methyl sites for hydroxylation is 1. The molecule has 1 atom stereocenters. The van der Waals surface area contributed by atoms with Crippen molar-refractivity contribution >= 4 is 5.91 Å². The quantitative estimate of drug-likeness (QED) is 0.824. The van der Waals surface area contributed by atoms with Crippen molar-refractivity contribution in [3.8, 4) is 5.75 Å². The van der Waals surface area contributed by atoms with Gasteiger partial charge in [0, 0.05) is 13.1 Å². The van der Waals surface area contributed by atoms with Crippen LogP contribution in [-0.4, -0.2) is 29.0 Å². The van der Waals surface area contributed by atoms with Crippen molar-refractivity contribution in [2.75, 3.05) is 13.1 Å². The average molecular weight is 377 g/mol. The Hall–Kier alpha value is -2.50. The maximum atomic E-state index is 12.8. The topological polar surface area (TPSA) is 40.5 Å². The fourth-order valence-electron chi connectivity index (χ4n) is 3.58. The lowest BCUT2D eigenvalue weighted by molar-refractivity contribution is -0.137. The predicted molar refractivity (Wildman–Crippen MR) is 96.5 cm³/mol. The minimum atomic E-state index is -4.33. The summed E-state index contributed by atoms with van der Waals surface area (Å²) in [6.07, 6.45) is -1.25. The monoisotopic (exact) mass is 377 g/mol. The Kier molecular flexibility index (Phi) is 5.73. The molecule has 0 aliphatic carbocycles. The first kappa shape index (κ1) is 19.3. The second-order valence-corrected chi connectivity index (χ2v) is 7.01. The van der Waals surface area contributed by atoms with Crippen molar-refractivity contribution in [1.82, 2.24) is 4.90 Å². The number of hydrogen-bond donors (Lipinski definition) is 1. The van der Waals surface area contributed by atoms with Crippen molar-refractivity contribution in [3.63, 3.8) is 0 Å². The number of nitrogens with zero attached hydrogens (tertiary/aromatic N) is 1. The number of alkyl halides is 3. The lowest BCUT2D eigenvalue weighted by Crippen LogP contribution is -2.40. The Morgan fingerprint density at radius 2 is 1.93 bits per heavy atom. The van der Waals surface area contributed by atoms with Gasteiger partial charge in [0.1, 0.15) is 5.75 Å². The number of hydrogen-bond acceptors (Lipinski definition) is 2. The zero-order chi connectivity index (χ0) is 19.4. The lowest BCUT2D eigenvalue weighted by atomic mass is 9.91. The Labute approximate surface area is 156 Å². The first-order chi connectivity index (χ1) is 12.8. The molecule has 0 bridgehead atoms. The SMILES string of the molecule is O=C(c1ccccc1O)N1CCCC(CCc2cccc(C(F)(F)F)c2)C1. The second kappa shape index (κ2) is 8.03. The highest BCUT2D eigenvalue weighted by Crippen LogP contribution is 2.30. The molecule has 3 rings (SSSR count). The summed E-state index contributed by atoms with van der Waals surface area (Å²) >= 11 is 0. The van der Waals surface area contributed by atoms with E-state index >= 15 is 0 Å². The van der Waals surface area contributed by atoms with E-state index in [4.69, 9.17) is 0 Å². The molecule has 0 spiro atoms. The number of carbonyl (C=O) groups excluding carboxylic acids is 1. The van der Waals surface area contributed by atoms with Crippen LogP contribution in [0, 0.1) is 5.92 Å². The number of phenols is 1. The van der Waals surface area contributed by atoms with E-state index in [-0.39, 0.29) is 23.1 Å². The molecule has 0 aromatic heterocycles. The van der Waals surface area contributed by atoms with Crippen LogP contribution >= 0.6 is 0 Å². The Balaban J connectivity index is 1.61. The fraction of sp³-hybridized carbons (Fsp3) is 0.381. The van der Waals surface area contributed by atoms with Gasteiger partial charge >= 0.3 is 6.18 Å². The number of likely N-dealkylation sites (tertiary alicyclic amines) is 1. The van der Waals surface area contributed by atoms with E-state index in [1.165, 1.54) is 18.2 Å². The molecule has 1 aliphatic rings. The van der Waals surface area contributed by atoms with Gasteiger partial charge in [0.15, 0.2) is 0 Å². The van der Waals surface area contributed by atoms with E-state index in [2.05, 4.69) is 0 Å². The molecule has 1 heterocycles. The standard InChI is InChI=1S/C21H22F3NO2/c22-21(23,24)17-7-3-5-15(13-17)10-11-16-6-4-12-25(14-16)20(27)18-8-1-2-9-19(18)26/h1-3,5,7-9,13,16,26H,4,6,10-12,14H2. The van der Waals surface area contributed by atoms with Crippen molar-refractivity contribution in [2.45, 2.75) is 31.9 Å². The first-order valence-electron chi connectivity index (χ1n) is 9.08. The van der Waals surface area contributed by atoms with Gasteiger partial charge in [-0.15, -0.1) is 0 Å². The summed E-state index contributed by atoms with van der Waals surface area (Å²) in [5, 5.41) is 9.88. The third-order valence-electron chi connectivity index (χ3n) is 5.04. The molecular weight excluding hydrogens is 355 g/mol. The smallest absolute Gasteiger partial charge is 0.416 e. The highest BCUT2D eigenvalue weighted by atomic mass is 19.4. The normalized spacial score (nSPS) is 17.7. The van der Waals surface area contributed by atoms with Gasteiger partial charge in [0.2, 0.25) is 0 Å². The largest absolute Gasteiger partial charge is 0.507 e. The van der Waals surface area contributed by atoms with Gasteiger partial charge < -0.3 is 10.0 Å². The van der Waals surface area contributed by atoms with Crippen LogP contribution in [0.2, 0.25) is 0 Å². The summed E-state index contributed by atoms with van der Waals surface area (Å²) < 4.78 is 38.5. The zero-order valence-electron chi connectivity index (χ0n) is 14.9. The van der Waals surface area contributed by atoms with Gasteiger partial charge in [0.05, 0.1) is 11.1 Å². The number of amides is 1. The molecule has 0 radical (unpaired) electrons. The van der Waals surface area contributed by atoms with Gasteiger partial charge in [-0.2, -0.15) is 13.2 Å². The summed E-state index contributed by atoms with van der Waals surface area (Å²) in [5.41, 5.74) is 0.324. The van der Waals surface area contributed by atoms with Crippen molar-refractivity contribution in [1.29, 1.82) is 0 Å².